The van der Waals surface area contributed by atoms with Crippen molar-refractivity contribution in [3.63, 3.8) is 0 Å². The largest absolute Gasteiger partial charge is 0.252 e. The van der Waals surface area contributed by atoms with Crippen molar-refractivity contribution >= 4 is 0 Å². The van der Waals surface area contributed by atoms with Crippen LogP contribution in [0, 0.1) is 17.8 Å². The summed E-state index contributed by atoms with van der Waals surface area (Å²) in [5, 5.41) is 8.53. The third kappa shape index (κ3) is 7.06. The molecular formula is C17H33N3. The number of rotatable bonds is 10. The molecule has 0 aliphatic rings. The van der Waals surface area contributed by atoms with Crippen LogP contribution in [0.3, 0.4) is 0 Å². The molecule has 20 heavy (non-hydrogen) atoms. The number of nitrogens with zero attached hydrogens (tertiary/aromatic N) is 3. The second-order valence-electron chi connectivity index (χ2n) is 6.98. The molecule has 0 saturated heterocycles. The van der Waals surface area contributed by atoms with Crippen molar-refractivity contribution in [2.24, 2.45) is 17.8 Å². The molecule has 0 amide bonds. The standard InChI is InChI=1S/C17H33N3/c1-14(2)9-7-6-8-12-20-13-17(18-19-20)11-10-16(5)15(3)4/h13-16H,6-12H2,1-5H3. The van der Waals surface area contributed by atoms with Crippen LogP contribution in [-0.4, -0.2) is 15.0 Å². The summed E-state index contributed by atoms with van der Waals surface area (Å²) in [7, 11) is 0. The molecule has 0 spiro atoms. The van der Waals surface area contributed by atoms with Crippen LogP contribution in [0.1, 0.15) is 72.4 Å². The Morgan fingerprint density at radius 1 is 1.00 bits per heavy atom. The molecule has 0 saturated carbocycles. The lowest BCUT2D eigenvalue weighted by Crippen LogP contribution is -2.05. The molecule has 1 aromatic heterocycles. The Kier molecular flexibility index (Phi) is 7.86. The second-order valence-corrected chi connectivity index (χ2v) is 6.98. The van der Waals surface area contributed by atoms with Crippen molar-refractivity contribution in [1.29, 1.82) is 0 Å². The van der Waals surface area contributed by atoms with Gasteiger partial charge >= 0.3 is 0 Å². The minimum absolute atomic E-state index is 0.756. The van der Waals surface area contributed by atoms with E-state index in [1.807, 2.05) is 4.68 Å². The zero-order valence-corrected chi connectivity index (χ0v) is 14.1. The first-order valence-electron chi connectivity index (χ1n) is 8.38. The maximum Gasteiger partial charge on any atom is 0.0827 e. The quantitative estimate of drug-likeness (QED) is 0.580. The van der Waals surface area contributed by atoms with Crippen LogP contribution in [0.15, 0.2) is 6.20 Å². The zero-order valence-electron chi connectivity index (χ0n) is 14.1. The summed E-state index contributed by atoms with van der Waals surface area (Å²) in [6.07, 6.45) is 9.61. The van der Waals surface area contributed by atoms with E-state index in [1.165, 1.54) is 32.1 Å². The molecule has 1 heterocycles. The number of unbranched alkanes of at least 4 members (excludes halogenated alkanes) is 2. The van der Waals surface area contributed by atoms with Crippen molar-refractivity contribution in [2.45, 2.75) is 79.7 Å². The molecule has 0 fully saturated rings. The summed E-state index contributed by atoms with van der Waals surface area (Å²) in [6.45, 7) is 12.5. The maximum atomic E-state index is 4.29. The van der Waals surface area contributed by atoms with Crippen LogP contribution in [0.2, 0.25) is 0 Å². The lowest BCUT2D eigenvalue weighted by atomic mass is 9.93. The van der Waals surface area contributed by atoms with E-state index in [4.69, 9.17) is 0 Å². The van der Waals surface area contributed by atoms with Crippen LogP contribution in [0.5, 0.6) is 0 Å². The molecule has 1 aromatic rings. The summed E-state index contributed by atoms with van der Waals surface area (Å²) in [5.74, 6) is 2.35. The van der Waals surface area contributed by atoms with Gasteiger partial charge < -0.3 is 0 Å². The van der Waals surface area contributed by atoms with Gasteiger partial charge in [-0.1, -0.05) is 59.1 Å². The first-order chi connectivity index (χ1) is 9.49. The van der Waals surface area contributed by atoms with Gasteiger partial charge in [-0.3, -0.25) is 4.68 Å². The average molecular weight is 279 g/mol. The summed E-state index contributed by atoms with van der Waals surface area (Å²) < 4.78 is 2.02. The van der Waals surface area contributed by atoms with Gasteiger partial charge in [-0.15, -0.1) is 5.10 Å². The van der Waals surface area contributed by atoms with Gasteiger partial charge in [0.05, 0.1) is 5.69 Å². The molecule has 3 heteroatoms. The fraction of sp³-hybridized carbons (Fsp3) is 0.882. The van der Waals surface area contributed by atoms with E-state index in [0.717, 1.165) is 36.4 Å². The topological polar surface area (TPSA) is 30.7 Å². The van der Waals surface area contributed by atoms with Gasteiger partial charge in [0, 0.05) is 12.7 Å². The predicted octanol–water partition coefficient (Wildman–Crippen LogP) is 4.72. The number of hydrogen-bond donors (Lipinski definition) is 0. The summed E-state index contributed by atoms with van der Waals surface area (Å²) >= 11 is 0. The molecule has 1 unspecified atom stereocenters. The summed E-state index contributed by atoms with van der Waals surface area (Å²) in [4.78, 5) is 0. The number of hydrogen-bond acceptors (Lipinski definition) is 2. The SMILES string of the molecule is CC(C)CCCCCn1cc(CCC(C)C(C)C)nn1. The summed E-state index contributed by atoms with van der Waals surface area (Å²) in [6, 6.07) is 0. The average Bonchev–Trinajstić information content (AvgIpc) is 2.83. The summed E-state index contributed by atoms with van der Waals surface area (Å²) in [5.41, 5.74) is 1.15. The molecule has 1 atom stereocenters. The van der Waals surface area contributed by atoms with Crippen LogP contribution in [0.25, 0.3) is 0 Å². The molecule has 0 aromatic carbocycles. The van der Waals surface area contributed by atoms with Crippen LogP contribution >= 0.6 is 0 Å². The molecule has 1 rings (SSSR count). The van der Waals surface area contributed by atoms with Crippen molar-refractivity contribution in [3.8, 4) is 0 Å². The number of aromatic nitrogens is 3. The highest BCUT2D eigenvalue weighted by Gasteiger charge is 2.08. The fourth-order valence-electron chi connectivity index (χ4n) is 2.27. The monoisotopic (exact) mass is 279 g/mol. The van der Waals surface area contributed by atoms with E-state index in [2.05, 4.69) is 51.1 Å². The van der Waals surface area contributed by atoms with E-state index < -0.39 is 0 Å². The van der Waals surface area contributed by atoms with E-state index >= 15 is 0 Å². The smallest absolute Gasteiger partial charge is 0.0827 e. The number of aryl methyl sites for hydroxylation is 2. The molecule has 3 nitrogen and oxygen atoms in total. The fourth-order valence-corrected chi connectivity index (χ4v) is 2.27. The molecular weight excluding hydrogens is 246 g/mol. The maximum absolute atomic E-state index is 4.29. The van der Waals surface area contributed by atoms with Gasteiger partial charge in [-0.05, 0) is 37.0 Å². The van der Waals surface area contributed by atoms with Gasteiger partial charge in [0.15, 0.2) is 0 Å². The predicted molar refractivity (Wildman–Crippen MR) is 85.7 cm³/mol. The Bertz CT molecular complexity index is 355. The lowest BCUT2D eigenvalue weighted by molar-refractivity contribution is 0.391. The van der Waals surface area contributed by atoms with Crippen molar-refractivity contribution < 1.29 is 0 Å². The van der Waals surface area contributed by atoms with E-state index in [0.29, 0.717) is 0 Å². The Balaban J connectivity index is 2.19. The van der Waals surface area contributed by atoms with Gasteiger partial charge in [0.25, 0.3) is 0 Å². The van der Waals surface area contributed by atoms with E-state index in [-0.39, 0.29) is 0 Å². The van der Waals surface area contributed by atoms with Crippen molar-refractivity contribution in [1.82, 2.24) is 15.0 Å². The highest BCUT2D eigenvalue weighted by atomic mass is 15.4. The van der Waals surface area contributed by atoms with Crippen LogP contribution in [0.4, 0.5) is 0 Å². The molecule has 0 aliphatic heterocycles. The highest BCUT2D eigenvalue weighted by molar-refractivity contribution is 4.92. The Morgan fingerprint density at radius 3 is 2.40 bits per heavy atom. The van der Waals surface area contributed by atoms with E-state index in [9.17, 15) is 0 Å². The van der Waals surface area contributed by atoms with Gasteiger partial charge in [-0.2, -0.15) is 0 Å². The van der Waals surface area contributed by atoms with Gasteiger partial charge in [-0.25, -0.2) is 0 Å². The van der Waals surface area contributed by atoms with Crippen LogP contribution < -0.4 is 0 Å². The molecule has 0 bridgehead atoms. The Hall–Kier alpha value is -0.860. The van der Waals surface area contributed by atoms with Gasteiger partial charge in [0.1, 0.15) is 0 Å². The first-order valence-corrected chi connectivity index (χ1v) is 8.38. The van der Waals surface area contributed by atoms with E-state index in [1.54, 1.807) is 0 Å². The normalized spacial score (nSPS) is 13.3. The molecule has 0 N–H and O–H groups in total. The minimum atomic E-state index is 0.756. The minimum Gasteiger partial charge on any atom is -0.252 e. The zero-order chi connectivity index (χ0) is 15.0. The van der Waals surface area contributed by atoms with Crippen molar-refractivity contribution in [3.05, 3.63) is 11.9 Å². The van der Waals surface area contributed by atoms with Crippen molar-refractivity contribution in [2.75, 3.05) is 0 Å². The highest BCUT2D eigenvalue weighted by Crippen LogP contribution is 2.16. The van der Waals surface area contributed by atoms with Crippen LogP contribution in [-0.2, 0) is 13.0 Å². The molecule has 0 aliphatic carbocycles. The first kappa shape index (κ1) is 17.2. The Morgan fingerprint density at radius 2 is 1.75 bits per heavy atom. The third-order valence-corrected chi connectivity index (χ3v) is 4.25. The van der Waals surface area contributed by atoms with Gasteiger partial charge in [0.2, 0.25) is 0 Å². The second kappa shape index (κ2) is 9.15. The molecule has 0 radical (unpaired) electrons. The molecule has 116 valence electrons. The Labute approximate surface area is 125 Å². The third-order valence-electron chi connectivity index (χ3n) is 4.25. The lowest BCUT2D eigenvalue weighted by Gasteiger charge is -2.13.